The van der Waals surface area contributed by atoms with Gasteiger partial charge in [-0.25, -0.2) is 0 Å². The molecule has 148 valence electrons. The van der Waals surface area contributed by atoms with Gasteiger partial charge in [0.15, 0.2) is 6.10 Å². The predicted octanol–water partition coefficient (Wildman–Crippen LogP) is 3.75. The molecule has 1 heterocycles. The highest BCUT2D eigenvalue weighted by atomic mass is 35.5. The molecule has 2 aromatic carbocycles. The van der Waals surface area contributed by atoms with Crippen molar-refractivity contribution in [3.05, 3.63) is 52.5 Å². The molecule has 1 aliphatic rings. The molecule has 1 saturated heterocycles. The maximum absolute atomic E-state index is 12.7. The number of benzene rings is 2. The second-order valence-electron chi connectivity index (χ2n) is 6.95. The van der Waals surface area contributed by atoms with Crippen LogP contribution in [0.25, 0.3) is 0 Å². The van der Waals surface area contributed by atoms with Gasteiger partial charge in [-0.3, -0.25) is 9.59 Å². The van der Waals surface area contributed by atoms with Crippen LogP contribution in [0.4, 0.5) is 11.4 Å². The topological polar surface area (TPSA) is 84.7 Å². The van der Waals surface area contributed by atoms with Gasteiger partial charge in [0.05, 0.1) is 11.4 Å². The minimum atomic E-state index is -0.733. The molecule has 2 aromatic rings. The lowest BCUT2D eigenvalue weighted by Crippen LogP contribution is -2.31. The third-order valence-corrected chi connectivity index (χ3v) is 5.03. The number of primary amides is 1. The van der Waals surface area contributed by atoms with Gasteiger partial charge < -0.3 is 20.7 Å². The fraction of sp³-hybridized carbons (Fsp3) is 0.333. The summed E-state index contributed by atoms with van der Waals surface area (Å²) in [5, 5.41) is 3.51. The summed E-state index contributed by atoms with van der Waals surface area (Å²) in [7, 11) is 0. The minimum Gasteiger partial charge on any atom is -0.481 e. The van der Waals surface area contributed by atoms with Crippen LogP contribution in [0.5, 0.6) is 5.75 Å². The molecule has 3 rings (SSSR count). The van der Waals surface area contributed by atoms with Crippen LogP contribution < -0.4 is 20.7 Å². The van der Waals surface area contributed by atoms with E-state index in [0.29, 0.717) is 22.0 Å². The van der Waals surface area contributed by atoms with Crippen molar-refractivity contribution in [2.75, 3.05) is 23.3 Å². The number of hydrogen-bond acceptors (Lipinski definition) is 4. The van der Waals surface area contributed by atoms with Gasteiger partial charge in [-0.2, -0.15) is 0 Å². The van der Waals surface area contributed by atoms with Gasteiger partial charge in [0.2, 0.25) is 5.91 Å². The molecular formula is C21H24ClN3O3. The highest BCUT2D eigenvalue weighted by Crippen LogP contribution is 2.30. The van der Waals surface area contributed by atoms with E-state index in [0.717, 1.165) is 37.2 Å². The zero-order valence-corrected chi connectivity index (χ0v) is 16.8. The van der Waals surface area contributed by atoms with E-state index in [4.69, 9.17) is 22.1 Å². The zero-order valence-electron chi connectivity index (χ0n) is 16.0. The third-order valence-electron chi connectivity index (χ3n) is 4.80. The quantitative estimate of drug-likeness (QED) is 0.771. The van der Waals surface area contributed by atoms with Crippen LogP contribution in [0.15, 0.2) is 36.4 Å². The van der Waals surface area contributed by atoms with Crippen molar-refractivity contribution in [1.29, 1.82) is 0 Å². The minimum absolute atomic E-state index is 0.309. The fourth-order valence-corrected chi connectivity index (χ4v) is 3.47. The Morgan fingerprint density at radius 1 is 1.18 bits per heavy atom. The van der Waals surface area contributed by atoms with Crippen LogP contribution in [0.2, 0.25) is 5.02 Å². The molecule has 6 nitrogen and oxygen atoms in total. The summed E-state index contributed by atoms with van der Waals surface area (Å²) in [4.78, 5) is 26.5. The van der Waals surface area contributed by atoms with Crippen LogP contribution in [0.1, 0.15) is 35.7 Å². The molecule has 1 aliphatic heterocycles. The van der Waals surface area contributed by atoms with Crippen molar-refractivity contribution in [2.24, 2.45) is 5.73 Å². The Balaban J connectivity index is 1.79. The molecule has 0 aromatic heterocycles. The molecule has 28 heavy (non-hydrogen) atoms. The number of nitrogens with two attached hydrogens (primary N) is 1. The normalized spacial score (nSPS) is 14.6. The van der Waals surface area contributed by atoms with Crippen molar-refractivity contribution in [3.8, 4) is 5.75 Å². The molecule has 1 unspecified atom stereocenters. The van der Waals surface area contributed by atoms with Gasteiger partial charge in [-0.05, 0) is 68.7 Å². The second-order valence-corrected chi connectivity index (χ2v) is 7.39. The average molecular weight is 402 g/mol. The van der Waals surface area contributed by atoms with Crippen LogP contribution in [0, 0.1) is 6.92 Å². The Morgan fingerprint density at radius 3 is 2.54 bits per heavy atom. The number of nitrogens with zero attached hydrogens (tertiary/aromatic N) is 1. The Labute approximate surface area is 169 Å². The van der Waals surface area contributed by atoms with E-state index in [1.807, 2.05) is 13.0 Å². The Kier molecular flexibility index (Phi) is 6.09. The summed E-state index contributed by atoms with van der Waals surface area (Å²) in [5.41, 5.74) is 8.04. The number of anilines is 2. The van der Waals surface area contributed by atoms with Gasteiger partial charge in [0, 0.05) is 23.7 Å². The summed E-state index contributed by atoms with van der Waals surface area (Å²) < 4.78 is 5.80. The number of halogens is 1. The first-order valence-electron chi connectivity index (χ1n) is 9.27. The fourth-order valence-electron chi connectivity index (χ4n) is 3.25. The summed E-state index contributed by atoms with van der Waals surface area (Å²) in [6.07, 6.45) is 1.46. The molecule has 0 bridgehead atoms. The lowest BCUT2D eigenvalue weighted by atomic mass is 10.1. The maximum atomic E-state index is 12.7. The van der Waals surface area contributed by atoms with Crippen LogP contribution in [0.3, 0.4) is 0 Å². The van der Waals surface area contributed by atoms with E-state index < -0.39 is 12.0 Å². The van der Waals surface area contributed by atoms with Crippen molar-refractivity contribution in [2.45, 2.75) is 32.8 Å². The number of rotatable bonds is 6. The van der Waals surface area contributed by atoms with E-state index in [1.54, 1.807) is 37.3 Å². The molecule has 0 aliphatic carbocycles. The van der Waals surface area contributed by atoms with Gasteiger partial charge in [-0.1, -0.05) is 11.6 Å². The van der Waals surface area contributed by atoms with E-state index in [2.05, 4.69) is 10.2 Å². The van der Waals surface area contributed by atoms with Crippen LogP contribution >= 0.6 is 11.6 Å². The Bertz CT molecular complexity index is 894. The summed E-state index contributed by atoms with van der Waals surface area (Å²) in [6, 6.07) is 10.4. The molecular weight excluding hydrogens is 378 g/mol. The number of amides is 2. The summed E-state index contributed by atoms with van der Waals surface area (Å²) >= 11 is 5.97. The van der Waals surface area contributed by atoms with Crippen molar-refractivity contribution in [1.82, 2.24) is 0 Å². The molecule has 0 saturated carbocycles. The number of ether oxygens (including phenoxy) is 1. The van der Waals surface area contributed by atoms with E-state index >= 15 is 0 Å². The number of nitrogens with one attached hydrogen (secondary N) is 1. The first-order valence-corrected chi connectivity index (χ1v) is 9.65. The molecule has 2 amide bonds. The Morgan fingerprint density at radius 2 is 1.89 bits per heavy atom. The molecule has 3 N–H and O–H groups in total. The number of hydrogen-bond donors (Lipinski definition) is 2. The van der Waals surface area contributed by atoms with E-state index in [-0.39, 0.29) is 5.91 Å². The average Bonchev–Trinajstić information content (AvgIpc) is 3.18. The number of carbonyl (C=O) groups excluding carboxylic acids is 2. The first-order chi connectivity index (χ1) is 13.3. The molecule has 0 spiro atoms. The first kappa shape index (κ1) is 20.0. The molecule has 0 radical (unpaired) electrons. The highest BCUT2D eigenvalue weighted by molar-refractivity contribution is 6.30. The molecule has 1 fully saturated rings. The largest absolute Gasteiger partial charge is 0.481 e. The lowest BCUT2D eigenvalue weighted by molar-refractivity contribution is -0.122. The second kappa shape index (κ2) is 8.52. The monoisotopic (exact) mass is 401 g/mol. The van der Waals surface area contributed by atoms with Crippen LogP contribution in [-0.2, 0) is 4.79 Å². The smallest absolute Gasteiger partial charge is 0.265 e. The third kappa shape index (κ3) is 4.57. The van der Waals surface area contributed by atoms with Crippen LogP contribution in [-0.4, -0.2) is 31.0 Å². The number of carbonyl (C=O) groups is 2. The van der Waals surface area contributed by atoms with Gasteiger partial charge in [-0.15, -0.1) is 0 Å². The highest BCUT2D eigenvalue weighted by Gasteiger charge is 2.21. The van der Waals surface area contributed by atoms with Gasteiger partial charge >= 0.3 is 0 Å². The van der Waals surface area contributed by atoms with Crippen molar-refractivity contribution < 1.29 is 14.3 Å². The molecule has 7 heteroatoms. The number of aryl methyl sites for hydroxylation is 1. The maximum Gasteiger partial charge on any atom is 0.265 e. The van der Waals surface area contributed by atoms with Crippen molar-refractivity contribution >= 4 is 34.8 Å². The summed E-state index contributed by atoms with van der Waals surface area (Å²) in [5.74, 6) is -0.251. The van der Waals surface area contributed by atoms with Gasteiger partial charge in [0.1, 0.15) is 5.75 Å². The summed E-state index contributed by atoms with van der Waals surface area (Å²) in [6.45, 7) is 5.37. The SMILES string of the molecule is Cc1cc(Cl)ccc1OC(C)C(=O)Nc1cc(C(N)=O)ccc1N1CCCC1. The standard InChI is InChI=1S/C21H24ClN3O3/c1-13-11-16(22)6-8-19(13)28-14(2)21(27)24-17-12-15(20(23)26)5-7-18(17)25-9-3-4-10-25/h5-8,11-12,14H,3-4,9-10H2,1-2H3,(H2,23,26)(H,24,27). The van der Waals surface area contributed by atoms with Gasteiger partial charge in [0.25, 0.3) is 5.91 Å². The van der Waals surface area contributed by atoms with E-state index in [1.165, 1.54) is 0 Å². The lowest BCUT2D eigenvalue weighted by Gasteiger charge is -2.23. The van der Waals surface area contributed by atoms with E-state index in [9.17, 15) is 9.59 Å². The predicted molar refractivity (Wildman–Crippen MR) is 111 cm³/mol. The molecule has 1 atom stereocenters. The van der Waals surface area contributed by atoms with Crippen molar-refractivity contribution in [3.63, 3.8) is 0 Å². The Hall–Kier alpha value is -2.73. The zero-order chi connectivity index (χ0) is 20.3.